The van der Waals surface area contributed by atoms with Gasteiger partial charge in [0, 0.05) is 25.7 Å². The lowest BCUT2D eigenvalue weighted by molar-refractivity contribution is 0.0943. The third kappa shape index (κ3) is 5.21. The van der Waals surface area contributed by atoms with Crippen LogP contribution in [0.2, 0.25) is 0 Å². The number of carbonyl (C=O) groups excluding carboxylic acids is 1. The molecule has 19 heavy (non-hydrogen) atoms. The van der Waals surface area contributed by atoms with Gasteiger partial charge in [-0.1, -0.05) is 0 Å². The molecule has 0 spiro atoms. The molecule has 1 heterocycles. The molecule has 1 amide bonds. The van der Waals surface area contributed by atoms with Crippen LogP contribution < -0.4 is 10.6 Å². The summed E-state index contributed by atoms with van der Waals surface area (Å²) < 4.78 is 0. The van der Waals surface area contributed by atoms with Gasteiger partial charge < -0.3 is 15.5 Å². The zero-order valence-corrected chi connectivity index (χ0v) is 12.1. The third-order valence-corrected chi connectivity index (χ3v) is 2.86. The van der Waals surface area contributed by atoms with Crippen LogP contribution in [0.1, 0.15) is 31.3 Å². The van der Waals surface area contributed by atoms with Gasteiger partial charge in [0.05, 0.1) is 12.4 Å². The fourth-order valence-electron chi connectivity index (χ4n) is 1.44. The summed E-state index contributed by atoms with van der Waals surface area (Å²) in [4.78, 5) is 22.3. The summed E-state index contributed by atoms with van der Waals surface area (Å²) >= 11 is 0. The first-order valence-corrected chi connectivity index (χ1v) is 6.59. The predicted octanol–water partition coefficient (Wildman–Crippen LogP) is 0.978. The molecular formula is C13H23N5O. The Balaban J connectivity index is 2.47. The number of amides is 1. The van der Waals surface area contributed by atoms with Crippen LogP contribution in [0.3, 0.4) is 0 Å². The number of likely N-dealkylation sites (N-methyl/N-ethyl adjacent to an activating group) is 1. The van der Waals surface area contributed by atoms with Crippen molar-refractivity contribution in [2.45, 2.75) is 26.8 Å². The van der Waals surface area contributed by atoms with E-state index >= 15 is 0 Å². The minimum absolute atomic E-state index is 0.190. The maximum absolute atomic E-state index is 11.9. The molecule has 106 valence electrons. The molecule has 0 aliphatic rings. The number of carbonyl (C=O) groups is 1. The van der Waals surface area contributed by atoms with Gasteiger partial charge in [-0.3, -0.25) is 9.78 Å². The summed E-state index contributed by atoms with van der Waals surface area (Å²) in [5.74, 6) is 0.429. The first-order chi connectivity index (χ1) is 9.04. The molecule has 0 aliphatic carbocycles. The highest BCUT2D eigenvalue weighted by atomic mass is 16.1. The van der Waals surface area contributed by atoms with E-state index in [1.165, 1.54) is 6.20 Å². The van der Waals surface area contributed by atoms with Gasteiger partial charge >= 0.3 is 0 Å². The van der Waals surface area contributed by atoms with Crippen molar-refractivity contribution in [1.82, 2.24) is 20.2 Å². The van der Waals surface area contributed by atoms with E-state index < -0.39 is 0 Å². The molecule has 6 nitrogen and oxygen atoms in total. The van der Waals surface area contributed by atoms with Crippen molar-refractivity contribution in [2.75, 3.05) is 32.0 Å². The zero-order valence-electron chi connectivity index (χ0n) is 12.1. The summed E-state index contributed by atoms with van der Waals surface area (Å²) in [5.41, 5.74) is 0.339. The van der Waals surface area contributed by atoms with Crippen molar-refractivity contribution < 1.29 is 4.79 Å². The predicted molar refractivity (Wildman–Crippen MR) is 76.3 cm³/mol. The Labute approximate surface area is 114 Å². The Morgan fingerprint density at radius 2 is 2.16 bits per heavy atom. The van der Waals surface area contributed by atoms with Crippen LogP contribution in [-0.2, 0) is 0 Å². The van der Waals surface area contributed by atoms with Crippen molar-refractivity contribution in [1.29, 1.82) is 0 Å². The molecule has 0 atom stereocenters. The summed E-state index contributed by atoms with van der Waals surface area (Å²) in [6, 6.07) is 0.466. The van der Waals surface area contributed by atoms with Crippen LogP contribution in [-0.4, -0.2) is 53.5 Å². The van der Waals surface area contributed by atoms with Crippen LogP contribution in [0.25, 0.3) is 0 Å². The van der Waals surface area contributed by atoms with Crippen LogP contribution in [0.15, 0.2) is 12.4 Å². The number of hydrogen-bond acceptors (Lipinski definition) is 5. The van der Waals surface area contributed by atoms with E-state index in [1.807, 2.05) is 14.0 Å². The highest BCUT2D eigenvalue weighted by molar-refractivity contribution is 5.92. The molecule has 0 bridgehead atoms. The fourth-order valence-corrected chi connectivity index (χ4v) is 1.44. The Morgan fingerprint density at radius 3 is 2.79 bits per heavy atom. The highest BCUT2D eigenvalue weighted by Gasteiger charge is 2.09. The lowest BCUT2D eigenvalue weighted by atomic mass is 10.3. The molecule has 0 radical (unpaired) electrons. The van der Waals surface area contributed by atoms with E-state index in [2.05, 4.69) is 39.3 Å². The molecule has 0 aliphatic heterocycles. The molecule has 0 unspecified atom stereocenters. The summed E-state index contributed by atoms with van der Waals surface area (Å²) in [7, 11) is 2.03. The van der Waals surface area contributed by atoms with Crippen molar-refractivity contribution in [3.05, 3.63) is 18.1 Å². The molecule has 0 fully saturated rings. The summed E-state index contributed by atoms with van der Waals surface area (Å²) in [5, 5.41) is 5.87. The second kappa shape index (κ2) is 7.68. The number of rotatable bonds is 7. The lowest BCUT2D eigenvalue weighted by Crippen LogP contribution is -2.36. The molecular weight excluding hydrogens is 242 g/mol. The van der Waals surface area contributed by atoms with E-state index in [1.54, 1.807) is 6.20 Å². The lowest BCUT2D eigenvalue weighted by Gasteiger charge is -2.20. The van der Waals surface area contributed by atoms with Gasteiger partial charge in [0.15, 0.2) is 0 Å². The van der Waals surface area contributed by atoms with Gasteiger partial charge in [0.1, 0.15) is 11.5 Å². The van der Waals surface area contributed by atoms with Crippen LogP contribution in [0.4, 0.5) is 5.82 Å². The van der Waals surface area contributed by atoms with E-state index in [4.69, 9.17) is 0 Å². The minimum atomic E-state index is -0.190. The second-order valence-electron chi connectivity index (χ2n) is 4.65. The van der Waals surface area contributed by atoms with E-state index in [0.717, 1.165) is 13.1 Å². The van der Waals surface area contributed by atoms with Crippen LogP contribution in [0.5, 0.6) is 0 Å². The molecule has 6 heteroatoms. The largest absolute Gasteiger partial charge is 0.369 e. The van der Waals surface area contributed by atoms with E-state index in [-0.39, 0.29) is 5.91 Å². The number of anilines is 1. The average Bonchev–Trinajstić information content (AvgIpc) is 2.39. The van der Waals surface area contributed by atoms with Crippen LogP contribution >= 0.6 is 0 Å². The molecule has 1 aromatic rings. The summed E-state index contributed by atoms with van der Waals surface area (Å²) in [6.07, 6.45) is 3.08. The van der Waals surface area contributed by atoms with Crippen molar-refractivity contribution in [2.24, 2.45) is 0 Å². The smallest absolute Gasteiger partial charge is 0.271 e. The number of nitrogens with zero attached hydrogens (tertiary/aromatic N) is 3. The SMILES string of the molecule is CCNc1cncc(C(=O)NCCN(C)C(C)C)n1. The molecule has 2 N–H and O–H groups in total. The van der Waals surface area contributed by atoms with Crippen molar-refractivity contribution >= 4 is 11.7 Å². The maximum atomic E-state index is 11.9. The zero-order chi connectivity index (χ0) is 14.3. The quantitative estimate of drug-likeness (QED) is 0.769. The van der Waals surface area contributed by atoms with Crippen LogP contribution in [0, 0.1) is 0 Å². The monoisotopic (exact) mass is 265 g/mol. The Hall–Kier alpha value is -1.69. The topological polar surface area (TPSA) is 70.2 Å². The van der Waals surface area contributed by atoms with E-state index in [0.29, 0.717) is 24.1 Å². The van der Waals surface area contributed by atoms with Gasteiger partial charge in [0.2, 0.25) is 0 Å². The van der Waals surface area contributed by atoms with Gasteiger partial charge in [-0.05, 0) is 27.8 Å². The molecule has 1 aromatic heterocycles. The van der Waals surface area contributed by atoms with Crippen molar-refractivity contribution in [3.63, 3.8) is 0 Å². The van der Waals surface area contributed by atoms with Gasteiger partial charge in [-0.15, -0.1) is 0 Å². The number of aromatic nitrogens is 2. The normalized spacial score (nSPS) is 10.8. The fraction of sp³-hybridized carbons (Fsp3) is 0.615. The maximum Gasteiger partial charge on any atom is 0.271 e. The Kier molecular flexibility index (Phi) is 6.21. The Bertz CT molecular complexity index is 408. The first kappa shape index (κ1) is 15.4. The van der Waals surface area contributed by atoms with E-state index in [9.17, 15) is 4.79 Å². The average molecular weight is 265 g/mol. The highest BCUT2D eigenvalue weighted by Crippen LogP contribution is 2.01. The molecule has 1 rings (SSSR count). The van der Waals surface area contributed by atoms with Gasteiger partial charge in [-0.25, -0.2) is 4.98 Å². The first-order valence-electron chi connectivity index (χ1n) is 6.59. The second-order valence-corrected chi connectivity index (χ2v) is 4.65. The minimum Gasteiger partial charge on any atom is -0.369 e. The standard InChI is InChI=1S/C13H23N5O/c1-5-15-12-9-14-8-11(17-12)13(19)16-6-7-18(4)10(2)3/h8-10H,5-7H2,1-4H3,(H,15,17)(H,16,19). The molecule has 0 saturated carbocycles. The summed E-state index contributed by atoms with van der Waals surface area (Å²) in [6.45, 7) is 8.36. The Morgan fingerprint density at radius 1 is 1.42 bits per heavy atom. The number of hydrogen-bond donors (Lipinski definition) is 2. The molecule has 0 saturated heterocycles. The van der Waals surface area contributed by atoms with Crippen molar-refractivity contribution in [3.8, 4) is 0 Å². The van der Waals surface area contributed by atoms with Gasteiger partial charge in [-0.2, -0.15) is 0 Å². The molecule has 0 aromatic carbocycles. The number of nitrogens with one attached hydrogen (secondary N) is 2. The third-order valence-electron chi connectivity index (χ3n) is 2.86. The van der Waals surface area contributed by atoms with Gasteiger partial charge in [0.25, 0.3) is 5.91 Å².